The van der Waals surface area contributed by atoms with Crippen molar-refractivity contribution >= 4 is 11.5 Å². The van der Waals surface area contributed by atoms with Crippen molar-refractivity contribution in [1.82, 2.24) is 4.98 Å². The van der Waals surface area contributed by atoms with E-state index in [-0.39, 0.29) is 6.04 Å². The molecule has 14 heavy (non-hydrogen) atoms. The van der Waals surface area contributed by atoms with E-state index in [1.807, 2.05) is 19.9 Å². The first kappa shape index (κ1) is 8.99. The van der Waals surface area contributed by atoms with Gasteiger partial charge < -0.3 is 11.5 Å². The van der Waals surface area contributed by atoms with E-state index in [1.54, 1.807) is 0 Å². The maximum atomic E-state index is 5.88. The van der Waals surface area contributed by atoms with Gasteiger partial charge in [0.1, 0.15) is 5.84 Å². The second kappa shape index (κ2) is 2.97. The molecule has 1 atom stereocenters. The molecule has 2 heterocycles. The minimum absolute atomic E-state index is 0.205. The molecule has 0 radical (unpaired) electrons. The maximum Gasteiger partial charge on any atom is 0.129 e. The summed E-state index contributed by atoms with van der Waals surface area (Å²) in [4.78, 5) is 8.72. The number of anilines is 1. The SMILES string of the molecule is Cc1cc(N)c2c(n1)C[C@@H](C)N=C2N. The fourth-order valence-corrected chi connectivity index (χ4v) is 1.84. The Kier molecular flexibility index (Phi) is 1.91. The first-order valence-electron chi connectivity index (χ1n) is 4.67. The largest absolute Gasteiger partial charge is 0.398 e. The molecule has 1 aliphatic rings. The zero-order valence-corrected chi connectivity index (χ0v) is 8.41. The molecular weight excluding hydrogens is 176 g/mol. The minimum Gasteiger partial charge on any atom is -0.398 e. The number of rotatable bonds is 0. The highest BCUT2D eigenvalue weighted by atomic mass is 14.9. The number of fused-ring (bicyclic) bond motifs is 1. The van der Waals surface area contributed by atoms with E-state index >= 15 is 0 Å². The number of aliphatic imine (C=N–C) groups is 1. The van der Waals surface area contributed by atoms with Crippen molar-refractivity contribution in [2.24, 2.45) is 10.7 Å². The molecule has 0 unspecified atom stereocenters. The van der Waals surface area contributed by atoms with E-state index in [0.29, 0.717) is 11.5 Å². The Bertz CT molecular complexity index is 409. The summed E-state index contributed by atoms with van der Waals surface area (Å²) in [6.07, 6.45) is 0.821. The number of nitrogens with two attached hydrogens (primary N) is 2. The Morgan fingerprint density at radius 1 is 1.43 bits per heavy atom. The molecule has 4 N–H and O–H groups in total. The Morgan fingerprint density at radius 3 is 2.86 bits per heavy atom. The number of nitrogen functional groups attached to an aromatic ring is 1. The highest BCUT2D eigenvalue weighted by Crippen LogP contribution is 2.22. The summed E-state index contributed by atoms with van der Waals surface area (Å²) < 4.78 is 0. The molecule has 0 amide bonds. The van der Waals surface area contributed by atoms with E-state index in [4.69, 9.17) is 11.5 Å². The molecule has 0 bridgehead atoms. The highest BCUT2D eigenvalue weighted by Gasteiger charge is 2.20. The standard InChI is InChI=1S/C10H14N4/c1-5-3-7(11)9-8(13-5)4-6(2)14-10(9)12/h3,6H,4H2,1-2H3,(H2,11,13)(H2,12,14)/t6-/m1/s1. The summed E-state index contributed by atoms with van der Waals surface area (Å²) in [7, 11) is 0. The zero-order chi connectivity index (χ0) is 10.3. The van der Waals surface area contributed by atoms with E-state index < -0.39 is 0 Å². The number of aryl methyl sites for hydroxylation is 1. The van der Waals surface area contributed by atoms with Crippen LogP contribution in [-0.4, -0.2) is 16.9 Å². The molecule has 0 aromatic carbocycles. The van der Waals surface area contributed by atoms with E-state index in [0.717, 1.165) is 23.4 Å². The molecular formula is C10H14N4. The third-order valence-corrected chi connectivity index (χ3v) is 2.36. The summed E-state index contributed by atoms with van der Waals surface area (Å²) in [5, 5.41) is 0. The molecule has 1 aromatic heterocycles. The smallest absolute Gasteiger partial charge is 0.129 e. The Morgan fingerprint density at radius 2 is 2.14 bits per heavy atom. The van der Waals surface area contributed by atoms with Gasteiger partial charge in [0.05, 0.1) is 17.3 Å². The molecule has 2 rings (SSSR count). The van der Waals surface area contributed by atoms with Crippen LogP contribution < -0.4 is 11.5 Å². The summed E-state index contributed by atoms with van der Waals surface area (Å²) in [5.41, 5.74) is 15.1. The minimum atomic E-state index is 0.205. The lowest BCUT2D eigenvalue weighted by atomic mass is 10.0. The fraction of sp³-hybridized carbons (Fsp3) is 0.400. The number of nitrogens with zero attached hydrogens (tertiary/aromatic N) is 2. The number of amidine groups is 1. The molecule has 1 aromatic rings. The van der Waals surface area contributed by atoms with Gasteiger partial charge in [0, 0.05) is 17.8 Å². The van der Waals surface area contributed by atoms with Crippen molar-refractivity contribution in [1.29, 1.82) is 0 Å². The van der Waals surface area contributed by atoms with Gasteiger partial charge in [-0.2, -0.15) is 0 Å². The normalized spacial score (nSPS) is 20.1. The van der Waals surface area contributed by atoms with Crippen molar-refractivity contribution < 1.29 is 0 Å². The van der Waals surface area contributed by atoms with Gasteiger partial charge in [0.15, 0.2) is 0 Å². The van der Waals surface area contributed by atoms with Gasteiger partial charge in [-0.15, -0.1) is 0 Å². The van der Waals surface area contributed by atoms with Crippen LogP contribution in [0.4, 0.5) is 5.69 Å². The third kappa shape index (κ3) is 1.32. The van der Waals surface area contributed by atoms with Crippen LogP contribution in [0.3, 0.4) is 0 Å². The topological polar surface area (TPSA) is 77.3 Å². The van der Waals surface area contributed by atoms with Gasteiger partial charge in [-0.05, 0) is 19.9 Å². The van der Waals surface area contributed by atoms with Crippen LogP contribution >= 0.6 is 0 Å². The van der Waals surface area contributed by atoms with Crippen LogP contribution in [-0.2, 0) is 6.42 Å². The first-order chi connectivity index (χ1) is 6.58. The van der Waals surface area contributed by atoms with E-state index in [9.17, 15) is 0 Å². The average Bonchev–Trinajstić information content (AvgIpc) is 1.99. The van der Waals surface area contributed by atoms with Crippen LogP contribution in [0, 0.1) is 6.92 Å². The molecule has 74 valence electrons. The van der Waals surface area contributed by atoms with E-state index in [2.05, 4.69) is 9.98 Å². The summed E-state index contributed by atoms with van der Waals surface area (Å²) in [5.74, 6) is 0.517. The number of hydrogen-bond acceptors (Lipinski definition) is 4. The van der Waals surface area contributed by atoms with Gasteiger partial charge in [0.2, 0.25) is 0 Å². The molecule has 0 fully saturated rings. The Labute approximate surface area is 83.0 Å². The lowest BCUT2D eigenvalue weighted by Gasteiger charge is -2.19. The molecule has 0 saturated heterocycles. The van der Waals surface area contributed by atoms with Crippen LogP contribution in [0.15, 0.2) is 11.1 Å². The fourth-order valence-electron chi connectivity index (χ4n) is 1.84. The van der Waals surface area contributed by atoms with Crippen molar-refractivity contribution in [2.45, 2.75) is 26.3 Å². The van der Waals surface area contributed by atoms with Gasteiger partial charge >= 0.3 is 0 Å². The number of aromatic nitrogens is 1. The second-order valence-electron chi connectivity index (χ2n) is 3.74. The molecule has 0 saturated carbocycles. The zero-order valence-electron chi connectivity index (χ0n) is 8.41. The number of hydrogen-bond donors (Lipinski definition) is 2. The van der Waals surface area contributed by atoms with Crippen LogP contribution in [0.1, 0.15) is 23.9 Å². The van der Waals surface area contributed by atoms with Gasteiger partial charge in [0.25, 0.3) is 0 Å². The number of pyridine rings is 1. The lowest BCUT2D eigenvalue weighted by molar-refractivity contribution is 0.707. The van der Waals surface area contributed by atoms with Crippen molar-refractivity contribution in [3.05, 3.63) is 23.0 Å². The molecule has 4 nitrogen and oxygen atoms in total. The summed E-state index contributed by atoms with van der Waals surface area (Å²) in [6.45, 7) is 3.96. The quantitative estimate of drug-likeness (QED) is 0.629. The lowest BCUT2D eigenvalue weighted by Crippen LogP contribution is -2.27. The Hall–Kier alpha value is -1.58. The Balaban J connectivity index is 2.63. The first-order valence-corrected chi connectivity index (χ1v) is 4.67. The van der Waals surface area contributed by atoms with Crippen molar-refractivity contribution in [3.8, 4) is 0 Å². The third-order valence-electron chi connectivity index (χ3n) is 2.36. The molecule has 0 aliphatic carbocycles. The van der Waals surface area contributed by atoms with Gasteiger partial charge in [-0.3, -0.25) is 9.98 Å². The maximum absolute atomic E-state index is 5.88. The summed E-state index contributed by atoms with van der Waals surface area (Å²) >= 11 is 0. The predicted molar refractivity (Wildman–Crippen MR) is 57.3 cm³/mol. The molecule has 0 spiro atoms. The van der Waals surface area contributed by atoms with Gasteiger partial charge in [-0.25, -0.2) is 0 Å². The molecule has 4 heteroatoms. The molecule has 1 aliphatic heterocycles. The van der Waals surface area contributed by atoms with Crippen molar-refractivity contribution in [2.75, 3.05) is 5.73 Å². The monoisotopic (exact) mass is 190 g/mol. The van der Waals surface area contributed by atoms with Gasteiger partial charge in [-0.1, -0.05) is 0 Å². The van der Waals surface area contributed by atoms with Crippen molar-refractivity contribution in [3.63, 3.8) is 0 Å². The summed E-state index contributed by atoms with van der Waals surface area (Å²) in [6, 6.07) is 2.04. The average molecular weight is 190 g/mol. The van der Waals surface area contributed by atoms with Crippen LogP contribution in [0.5, 0.6) is 0 Å². The predicted octanol–water partition coefficient (Wildman–Crippen LogP) is 0.622. The van der Waals surface area contributed by atoms with Crippen LogP contribution in [0.2, 0.25) is 0 Å². The second-order valence-corrected chi connectivity index (χ2v) is 3.74. The van der Waals surface area contributed by atoms with E-state index in [1.165, 1.54) is 0 Å². The highest BCUT2D eigenvalue weighted by molar-refractivity contribution is 6.03. The van der Waals surface area contributed by atoms with Crippen LogP contribution in [0.25, 0.3) is 0 Å².